The zero-order valence-electron chi connectivity index (χ0n) is 29.3. The van der Waals surface area contributed by atoms with Gasteiger partial charge in [-0.2, -0.15) is 0 Å². The smallest absolute Gasteiger partial charge is 0.190 e. The van der Waals surface area contributed by atoms with Crippen LogP contribution in [0.4, 0.5) is 0 Å². The monoisotopic (exact) mass is 674 g/mol. The van der Waals surface area contributed by atoms with Crippen LogP contribution in [0.25, 0.3) is 10.8 Å². The molecule has 0 unspecified atom stereocenters. The fourth-order valence-electron chi connectivity index (χ4n) is 7.16. The molecule has 5 aliphatic rings. The molecule has 5 saturated heterocycles. The SMILES string of the molecule is COC(C)(C)OC[C@H]1O[C@@H](OC[C@H]2O[C@@H]3OC(C)(C)O[C@@H]3[C@H]3OC(C)(C)O[C@H]32)[C@H](OCc2ccc3ccccc3c2)[C@H]2OC(C)(C)O[C@H]21. The lowest BCUT2D eigenvalue weighted by Crippen LogP contribution is -2.61. The van der Waals surface area contributed by atoms with Gasteiger partial charge in [-0.1, -0.05) is 36.4 Å². The number of hydrogen-bond acceptors (Lipinski definition) is 12. The fourth-order valence-corrected chi connectivity index (χ4v) is 7.16. The van der Waals surface area contributed by atoms with Crippen molar-refractivity contribution in [1.82, 2.24) is 0 Å². The van der Waals surface area contributed by atoms with Gasteiger partial charge < -0.3 is 56.8 Å². The average Bonchev–Trinajstić information content (AvgIpc) is 3.65. The first-order valence-corrected chi connectivity index (χ1v) is 16.9. The summed E-state index contributed by atoms with van der Waals surface area (Å²) in [7, 11) is 1.60. The van der Waals surface area contributed by atoms with Crippen LogP contribution in [0.15, 0.2) is 42.5 Å². The lowest BCUT2D eigenvalue weighted by atomic mass is 9.98. The summed E-state index contributed by atoms with van der Waals surface area (Å²) < 4.78 is 75.8. The van der Waals surface area contributed by atoms with E-state index in [1.54, 1.807) is 7.11 Å². The van der Waals surface area contributed by atoms with E-state index in [-0.39, 0.29) is 13.2 Å². The van der Waals surface area contributed by atoms with E-state index in [1.165, 1.54) is 0 Å². The van der Waals surface area contributed by atoms with E-state index in [2.05, 4.69) is 30.3 Å². The third-order valence-corrected chi connectivity index (χ3v) is 9.45. The predicted molar refractivity (Wildman–Crippen MR) is 171 cm³/mol. The number of fused-ring (bicyclic) bond motifs is 5. The van der Waals surface area contributed by atoms with Gasteiger partial charge in [0.05, 0.1) is 19.8 Å². The molecule has 0 N–H and O–H groups in total. The first-order valence-electron chi connectivity index (χ1n) is 16.9. The molecule has 12 heteroatoms. The fraction of sp³-hybridized carbons (Fsp3) is 0.722. The Morgan fingerprint density at radius 3 is 1.98 bits per heavy atom. The first-order chi connectivity index (χ1) is 22.6. The number of rotatable bonds is 10. The minimum absolute atomic E-state index is 0.104. The van der Waals surface area contributed by atoms with Gasteiger partial charge in [0.1, 0.15) is 48.8 Å². The quantitative estimate of drug-likeness (QED) is 0.324. The van der Waals surface area contributed by atoms with Crippen LogP contribution in [0, 0.1) is 0 Å². The number of hydrogen-bond donors (Lipinski definition) is 0. The molecule has 0 aliphatic carbocycles. The summed E-state index contributed by atoms with van der Waals surface area (Å²) in [6.07, 6.45) is -5.55. The van der Waals surface area contributed by atoms with Gasteiger partial charge in [0, 0.05) is 7.11 Å². The van der Waals surface area contributed by atoms with E-state index in [0.717, 1.165) is 16.3 Å². The molecule has 5 fully saturated rings. The molecular weight excluding hydrogens is 624 g/mol. The number of benzene rings is 2. The second-order valence-electron chi connectivity index (χ2n) is 15.0. The summed E-state index contributed by atoms with van der Waals surface area (Å²) in [6, 6.07) is 14.5. The summed E-state index contributed by atoms with van der Waals surface area (Å²) >= 11 is 0. The molecule has 10 atom stereocenters. The molecule has 266 valence electrons. The van der Waals surface area contributed by atoms with E-state index in [4.69, 9.17) is 56.8 Å². The summed E-state index contributed by atoms with van der Waals surface area (Å²) in [5.74, 6) is -3.38. The van der Waals surface area contributed by atoms with Crippen molar-refractivity contribution in [2.24, 2.45) is 0 Å². The Kier molecular flexibility index (Phi) is 9.22. The second kappa shape index (κ2) is 12.8. The molecule has 2 aromatic rings. The highest BCUT2D eigenvalue weighted by molar-refractivity contribution is 5.82. The van der Waals surface area contributed by atoms with Crippen molar-refractivity contribution in [2.45, 2.75) is 147 Å². The van der Waals surface area contributed by atoms with Gasteiger partial charge in [-0.05, 0) is 77.8 Å². The van der Waals surface area contributed by atoms with Gasteiger partial charge in [0.25, 0.3) is 0 Å². The van der Waals surface area contributed by atoms with Crippen molar-refractivity contribution < 1.29 is 56.8 Å². The van der Waals surface area contributed by atoms with E-state index < -0.39 is 84.6 Å². The van der Waals surface area contributed by atoms with Crippen molar-refractivity contribution in [1.29, 1.82) is 0 Å². The Balaban J connectivity index is 1.13. The van der Waals surface area contributed by atoms with Crippen LogP contribution in [-0.2, 0) is 63.4 Å². The average molecular weight is 675 g/mol. The number of methoxy groups -OCH3 is 1. The normalized spacial score (nSPS) is 38.1. The molecule has 5 aliphatic heterocycles. The first kappa shape index (κ1) is 34.7. The Morgan fingerprint density at radius 1 is 0.646 bits per heavy atom. The molecule has 0 saturated carbocycles. The van der Waals surface area contributed by atoms with Gasteiger partial charge in [0.2, 0.25) is 0 Å². The Labute approximate surface area is 282 Å². The summed E-state index contributed by atoms with van der Waals surface area (Å²) in [5, 5.41) is 2.29. The maximum Gasteiger partial charge on any atom is 0.190 e. The third kappa shape index (κ3) is 7.19. The molecule has 7 rings (SSSR count). The van der Waals surface area contributed by atoms with Crippen molar-refractivity contribution in [3.63, 3.8) is 0 Å². The molecule has 0 bridgehead atoms. The molecule has 48 heavy (non-hydrogen) atoms. The van der Waals surface area contributed by atoms with Crippen LogP contribution in [-0.4, -0.2) is 105 Å². The summed E-state index contributed by atoms with van der Waals surface area (Å²) in [4.78, 5) is 0. The zero-order chi connectivity index (χ0) is 34.1. The lowest BCUT2D eigenvalue weighted by molar-refractivity contribution is -0.319. The largest absolute Gasteiger partial charge is 0.365 e. The predicted octanol–water partition coefficient (Wildman–Crippen LogP) is 4.78. The third-order valence-electron chi connectivity index (χ3n) is 9.45. The topological polar surface area (TPSA) is 111 Å². The van der Waals surface area contributed by atoms with Gasteiger partial charge >= 0.3 is 0 Å². The Morgan fingerprint density at radius 2 is 1.25 bits per heavy atom. The summed E-state index contributed by atoms with van der Waals surface area (Å²) in [6.45, 7) is 15.5. The highest BCUT2D eigenvalue weighted by atomic mass is 16.9. The van der Waals surface area contributed by atoms with Crippen LogP contribution < -0.4 is 0 Å². The van der Waals surface area contributed by atoms with E-state index in [0.29, 0.717) is 6.61 Å². The van der Waals surface area contributed by atoms with Crippen molar-refractivity contribution in [3.05, 3.63) is 48.0 Å². The molecule has 5 heterocycles. The highest BCUT2D eigenvalue weighted by Crippen LogP contribution is 2.45. The van der Waals surface area contributed by atoms with Crippen LogP contribution in [0.5, 0.6) is 0 Å². The maximum atomic E-state index is 6.65. The van der Waals surface area contributed by atoms with Crippen LogP contribution >= 0.6 is 0 Å². The molecule has 0 spiro atoms. The van der Waals surface area contributed by atoms with Gasteiger partial charge in [-0.25, -0.2) is 0 Å². The standard InChI is InChI=1S/C36H50O12/c1-33(2,37-9)40-19-24-26-27(45-34(3,4)44-26)29(38-17-20-14-15-21-12-10-11-13-22(21)16-20)31(41-24)39-18-23-25-28(46-35(5,6)43-25)30-32(42-23)48-36(7,8)47-30/h10-16,23-32H,17-19H2,1-9H3/t23-,24-,25+,26+,27+,28+,29-,30-,31-,32-/m1/s1. The molecule has 0 amide bonds. The van der Waals surface area contributed by atoms with Crippen molar-refractivity contribution >= 4 is 10.8 Å². The number of ether oxygens (including phenoxy) is 12. The molecule has 2 aromatic carbocycles. The van der Waals surface area contributed by atoms with Crippen LogP contribution in [0.3, 0.4) is 0 Å². The van der Waals surface area contributed by atoms with Crippen molar-refractivity contribution in [2.75, 3.05) is 20.3 Å². The van der Waals surface area contributed by atoms with Gasteiger partial charge in [0.15, 0.2) is 35.7 Å². The molecule has 0 aromatic heterocycles. The molecule has 0 radical (unpaired) electrons. The Hall–Kier alpha value is -1.78. The van der Waals surface area contributed by atoms with Crippen LogP contribution in [0.2, 0.25) is 0 Å². The minimum Gasteiger partial charge on any atom is -0.365 e. The second-order valence-corrected chi connectivity index (χ2v) is 15.0. The van der Waals surface area contributed by atoms with Crippen LogP contribution in [0.1, 0.15) is 61.0 Å². The molecule has 12 nitrogen and oxygen atoms in total. The lowest BCUT2D eigenvalue weighted by Gasteiger charge is -2.43. The van der Waals surface area contributed by atoms with Gasteiger partial charge in [-0.3, -0.25) is 0 Å². The zero-order valence-corrected chi connectivity index (χ0v) is 29.3. The summed E-state index contributed by atoms with van der Waals surface area (Å²) in [5.41, 5.74) is 1.01. The van der Waals surface area contributed by atoms with E-state index >= 15 is 0 Å². The van der Waals surface area contributed by atoms with E-state index in [1.807, 2.05) is 67.5 Å². The highest BCUT2D eigenvalue weighted by Gasteiger charge is 2.61. The minimum atomic E-state index is -0.880. The van der Waals surface area contributed by atoms with E-state index in [9.17, 15) is 0 Å². The molecular formula is C36H50O12. The van der Waals surface area contributed by atoms with Gasteiger partial charge in [-0.15, -0.1) is 0 Å². The Bertz CT molecular complexity index is 1440. The maximum absolute atomic E-state index is 6.65. The van der Waals surface area contributed by atoms with Crippen molar-refractivity contribution in [3.8, 4) is 0 Å².